The van der Waals surface area contributed by atoms with Gasteiger partial charge in [-0.25, -0.2) is 4.99 Å². The van der Waals surface area contributed by atoms with Crippen molar-refractivity contribution in [3.8, 4) is 0 Å². The van der Waals surface area contributed by atoms with E-state index in [-0.39, 0.29) is 5.41 Å². The topological polar surface area (TPSA) is 24.7 Å². The second-order valence-corrected chi connectivity index (χ2v) is 6.86. The van der Waals surface area contributed by atoms with E-state index in [2.05, 4.69) is 68.7 Å². The minimum Gasteiger partial charge on any atom is -0.253 e. The third kappa shape index (κ3) is 6.29. The first-order chi connectivity index (χ1) is 11.1. The Balaban J connectivity index is 2.88. The first kappa shape index (κ1) is 19.6. The molecule has 0 heterocycles. The summed E-state index contributed by atoms with van der Waals surface area (Å²) in [7, 11) is 0. The summed E-state index contributed by atoms with van der Waals surface area (Å²) in [5.74, 6) is 0.700. The lowest BCUT2D eigenvalue weighted by atomic mass is 9.72. The summed E-state index contributed by atoms with van der Waals surface area (Å²) in [5.41, 5.74) is 2.28. The van der Waals surface area contributed by atoms with Gasteiger partial charge in [0.2, 0.25) is 0 Å². The maximum Gasteiger partial charge on any atom is 0.115 e. The molecule has 0 aliphatic heterocycles. The van der Waals surface area contributed by atoms with E-state index in [0.29, 0.717) is 5.92 Å². The van der Waals surface area contributed by atoms with Crippen molar-refractivity contribution in [2.45, 2.75) is 72.6 Å². The normalized spacial score (nSPS) is 22.6. The van der Waals surface area contributed by atoms with Gasteiger partial charge in [0.15, 0.2) is 0 Å². The quantitative estimate of drug-likeness (QED) is 0.249. The van der Waals surface area contributed by atoms with Crippen LogP contribution in [0.1, 0.15) is 72.6 Å². The van der Waals surface area contributed by atoms with Crippen molar-refractivity contribution in [3.63, 3.8) is 0 Å². The zero-order valence-electron chi connectivity index (χ0n) is 15.5. The summed E-state index contributed by atoms with van der Waals surface area (Å²) < 4.78 is 0. The second-order valence-electron chi connectivity index (χ2n) is 6.86. The van der Waals surface area contributed by atoms with E-state index in [9.17, 15) is 0 Å². The Kier molecular flexibility index (Phi) is 8.83. The van der Waals surface area contributed by atoms with Gasteiger partial charge in [-0.1, -0.05) is 71.1 Å². The van der Waals surface area contributed by atoms with Gasteiger partial charge in [-0.05, 0) is 44.0 Å². The molecule has 2 heteroatoms. The summed E-state index contributed by atoms with van der Waals surface area (Å²) in [6.07, 6.45) is 19.8. The summed E-state index contributed by atoms with van der Waals surface area (Å²) in [6.45, 7) is 12.5. The molecule has 0 fully saturated rings. The van der Waals surface area contributed by atoms with Crippen LogP contribution in [0.15, 0.2) is 45.6 Å². The van der Waals surface area contributed by atoms with Crippen molar-refractivity contribution in [2.24, 2.45) is 21.3 Å². The molecule has 0 saturated carbocycles. The lowest BCUT2D eigenvalue weighted by Crippen LogP contribution is -2.23. The van der Waals surface area contributed by atoms with Crippen LogP contribution in [0.3, 0.4) is 0 Å². The fourth-order valence-electron chi connectivity index (χ4n) is 3.29. The number of allylic oxidation sites excluding steroid dienone is 5. The summed E-state index contributed by atoms with van der Waals surface area (Å²) in [6, 6.07) is 0. The Morgan fingerprint density at radius 1 is 1.09 bits per heavy atom. The van der Waals surface area contributed by atoms with Crippen molar-refractivity contribution < 1.29 is 0 Å². The molecule has 0 amide bonds. The average molecular weight is 315 g/mol. The second kappa shape index (κ2) is 10.4. The van der Waals surface area contributed by atoms with Gasteiger partial charge in [-0.15, -0.1) is 0 Å². The first-order valence-corrected chi connectivity index (χ1v) is 9.15. The van der Waals surface area contributed by atoms with Gasteiger partial charge in [0, 0.05) is 5.41 Å². The predicted octanol–water partition coefficient (Wildman–Crippen LogP) is 6.51. The van der Waals surface area contributed by atoms with Gasteiger partial charge >= 0.3 is 0 Å². The molecule has 0 aromatic heterocycles. The van der Waals surface area contributed by atoms with E-state index in [1.807, 2.05) is 0 Å². The van der Waals surface area contributed by atoms with Crippen molar-refractivity contribution in [1.82, 2.24) is 0 Å². The van der Waals surface area contributed by atoms with E-state index in [4.69, 9.17) is 0 Å². The van der Waals surface area contributed by atoms with E-state index in [1.165, 1.54) is 56.9 Å². The van der Waals surface area contributed by atoms with Crippen molar-refractivity contribution in [3.05, 3.63) is 35.6 Å². The number of nitrogens with zero attached hydrogens (tertiary/aromatic N) is 2. The standard InChI is InChI=1S/C21H34N2/c1-6-8-9-10-12-19(11-7-2)21(4)15-13-18(3)20(14-16-21)23-17-22-5/h13-17,19H,5-12H2,1-4H3/b23-17-/t19-,21?/m0/s1. The van der Waals surface area contributed by atoms with Crippen LogP contribution in [0, 0.1) is 11.3 Å². The van der Waals surface area contributed by atoms with E-state index in [0.717, 1.165) is 5.70 Å². The predicted molar refractivity (Wildman–Crippen MR) is 104 cm³/mol. The molecule has 2 nitrogen and oxygen atoms in total. The highest BCUT2D eigenvalue weighted by Gasteiger charge is 2.29. The molecule has 0 bridgehead atoms. The van der Waals surface area contributed by atoms with Crippen LogP contribution in [-0.2, 0) is 0 Å². The van der Waals surface area contributed by atoms with Crippen LogP contribution in [0.5, 0.6) is 0 Å². The Morgan fingerprint density at radius 3 is 2.48 bits per heavy atom. The van der Waals surface area contributed by atoms with Gasteiger partial charge < -0.3 is 0 Å². The van der Waals surface area contributed by atoms with Crippen LogP contribution >= 0.6 is 0 Å². The monoisotopic (exact) mass is 314 g/mol. The lowest BCUT2D eigenvalue weighted by Gasteiger charge is -2.33. The number of aliphatic imine (C=N–C) groups is 2. The van der Waals surface area contributed by atoms with Gasteiger partial charge in [0.05, 0.1) is 5.70 Å². The Bertz CT molecular complexity index is 482. The minimum absolute atomic E-state index is 0.113. The molecule has 0 aromatic rings. The zero-order chi connectivity index (χ0) is 17.1. The van der Waals surface area contributed by atoms with Gasteiger partial charge in [0.1, 0.15) is 6.34 Å². The molecule has 1 aliphatic rings. The number of unbranched alkanes of at least 4 members (excludes halogenated alkanes) is 3. The smallest absolute Gasteiger partial charge is 0.115 e. The highest BCUT2D eigenvalue weighted by Crippen LogP contribution is 2.40. The molecule has 0 saturated heterocycles. The molecule has 0 spiro atoms. The van der Waals surface area contributed by atoms with E-state index in [1.54, 1.807) is 0 Å². The van der Waals surface area contributed by atoms with Crippen LogP contribution in [0.4, 0.5) is 0 Å². The summed E-state index contributed by atoms with van der Waals surface area (Å²) >= 11 is 0. The molecule has 1 unspecified atom stereocenters. The van der Waals surface area contributed by atoms with Gasteiger partial charge in [0.25, 0.3) is 0 Å². The third-order valence-corrected chi connectivity index (χ3v) is 4.90. The van der Waals surface area contributed by atoms with Crippen molar-refractivity contribution in [2.75, 3.05) is 0 Å². The molecule has 0 radical (unpaired) electrons. The Morgan fingerprint density at radius 2 is 1.83 bits per heavy atom. The van der Waals surface area contributed by atoms with Crippen LogP contribution in [0.2, 0.25) is 0 Å². The van der Waals surface area contributed by atoms with E-state index >= 15 is 0 Å². The largest absolute Gasteiger partial charge is 0.253 e. The molecule has 128 valence electrons. The maximum absolute atomic E-state index is 4.39. The van der Waals surface area contributed by atoms with Crippen LogP contribution < -0.4 is 0 Å². The first-order valence-electron chi connectivity index (χ1n) is 9.15. The van der Waals surface area contributed by atoms with Crippen molar-refractivity contribution in [1.29, 1.82) is 0 Å². The molecule has 1 aliphatic carbocycles. The third-order valence-electron chi connectivity index (χ3n) is 4.90. The molecule has 0 aromatic carbocycles. The lowest BCUT2D eigenvalue weighted by molar-refractivity contribution is 0.273. The molecular formula is C21H34N2. The van der Waals surface area contributed by atoms with Crippen molar-refractivity contribution >= 4 is 13.1 Å². The zero-order valence-corrected chi connectivity index (χ0v) is 15.5. The van der Waals surface area contributed by atoms with Crippen LogP contribution in [0.25, 0.3) is 0 Å². The number of hydrogen-bond acceptors (Lipinski definition) is 1. The summed E-state index contributed by atoms with van der Waals surface area (Å²) in [5, 5.41) is 0. The molecule has 0 N–H and O–H groups in total. The molecular weight excluding hydrogens is 280 g/mol. The Hall–Kier alpha value is -1.44. The maximum atomic E-state index is 4.39. The number of rotatable bonds is 10. The van der Waals surface area contributed by atoms with Gasteiger partial charge in [-0.2, -0.15) is 0 Å². The highest BCUT2D eigenvalue weighted by atomic mass is 14.8. The Labute approximate surface area is 143 Å². The number of hydrogen-bond donors (Lipinski definition) is 0. The molecule has 1 rings (SSSR count). The molecule has 23 heavy (non-hydrogen) atoms. The van der Waals surface area contributed by atoms with Crippen LogP contribution in [-0.4, -0.2) is 13.1 Å². The van der Waals surface area contributed by atoms with Gasteiger partial charge in [-0.3, -0.25) is 4.99 Å². The highest BCUT2D eigenvalue weighted by molar-refractivity contribution is 5.64. The molecule has 2 atom stereocenters. The average Bonchev–Trinajstić information content (AvgIpc) is 2.69. The SMILES string of the molecule is C=N/C=N\C1=C(C)C=CC(C)([C@@H](CCC)CCCCCC)C=C1. The van der Waals surface area contributed by atoms with E-state index < -0.39 is 0 Å². The fraction of sp³-hybridized carbons (Fsp3) is 0.619. The fourth-order valence-corrected chi connectivity index (χ4v) is 3.29. The summed E-state index contributed by atoms with van der Waals surface area (Å²) in [4.78, 5) is 8.11. The minimum atomic E-state index is 0.113.